The van der Waals surface area contributed by atoms with E-state index in [0.29, 0.717) is 31.5 Å². The van der Waals surface area contributed by atoms with Crippen molar-refractivity contribution in [3.05, 3.63) is 24.4 Å². The van der Waals surface area contributed by atoms with Crippen molar-refractivity contribution in [3.63, 3.8) is 0 Å². The maximum atomic E-state index is 11.7. The second kappa shape index (κ2) is 14.6. The summed E-state index contributed by atoms with van der Waals surface area (Å²) in [7, 11) is 2.08. The van der Waals surface area contributed by atoms with Crippen molar-refractivity contribution in [2.75, 3.05) is 57.8 Å². The number of anilines is 1. The zero-order valence-electron chi connectivity index (χ0n) is 21.6. The number of carbonyl (C=O) groups is 3. The summed E-state index contributed by atoms with van der Waals surface area (Å²) < 4.78 is 0. The van der Waals surface area contributed by atoms with E-state index in [1.807, 2.05) is 18.2 Å². The molecule has 11 heteroatoms. The molecule has 0 aromatic carbocycles. The Morgan fingerprint density at radius 3 is 2.42 bits per heavy atom. The molecule has 0 spiro atoms. The molecular weight excluding hydrogens is 460 g/mol. The Balaban J connectivity index is 0.000000212. The Kier molecular flexibility index (Phi) is 11.2. The van der Waals surface area contributed by atoms with E-state index in [2.05, 4.69) is 48.4 Å². The van der Waals surface area contributed by atoms with E-state index in [4.69, 9.17) is 0 Å². The highest BCUT2D eigenvalue weighted by molar-refractivity contribution is 5.76. The number of ketones is 1. The molecule has 0 radical (unpaired) electrons. The molecule has 4 heterocycles. The molecule has 1 aromatic heterocycles. The number of amides is 4. The fourth-order valence-electron chi connectivity index (χ4n) is 4.65. The molecule has 3 aliphatic rings. The summed E-state index contributed by atoms with van der Waals surface area (Å²) >= 11 is 0. The number of hydrogen-bond donors (Lipinski definition) is 5. The predicted octanol–water partition coefficient (Wildman–Crippen LogP) is 0.680. The van der Waals surface area contributed by atoms with Gasteiger partial charge in [-0.15, -0.1) is 0 Å². The second-order valence-electron chi connectivity index (χ2n) is 9.88. The Morgan fingerprint density at radius 2 is 1.75 bits per heavy atom. The van der Waals surface area contributed by atoms with Crippen LogP contribution >= 0.6 is 0 Å². The van der Waals surface area contributed by atoms with Crippen LogP contribution in [-0.2, 0) is 4.79 Å². The van der Waals surface area contributed by atoms with Crippen LogP contribution in [0.3, 0.4) is 0 Å². The van der Waals surface area contributed by atoms with E-state index in [-0.39, 0.29) is 23.9 Å². The van der Waals surface area contributed by atoms with Gasteiger partial charge in [0.1, 0.15) is 11.6 Å². The molecule has 11 nitrogen and oxygen atoms in total. The summed E-state index contributed by atoms with van der Waals surface area (Å²) in [5, 5.41) is 15.0. The Morgan fingerprint density at radius 1 is 1.00 bits per heavy atom. The Hall–Kier alpha value is -2.92. The van der Waals surface area contributed by atoms with Crippen LogP contribution in [-0.4, -0.2) is 98.7 Å². The van der Waals surface area contributed by atoms with Gasteiger partial charge >= 0.3 is 12.1 Å². The van der Waals surface area contributed by atoms with Gasteiger partial charge in [-0.05, 0) is 64.9 Å². The fourth-order valence-corrected chi connectivity index (χ4v) is 4.65. The second-order valence-corrected chi connectivity index (χ2v) is 9.88. The number of rotatable bonds is 8. The number of nitrogens with one attached hydrogen (secondary N) is 5. The third-order valence-corrected chi connectivity index (χ3v) is 6.61. The molecule has 0 unspecified atom stereocenters. The van der Waals surface area contributed by atoms with Gasteiger partial charge in [-0.2, -0.15) is 0 Å². The molecule has 5 N–H and O–H groups in total. The number of aromatic nitrogens is 1. The minimum Gasteiger partial charge on any atom is -0.354 e. The van der Waals surface area contributed by atoms with Crippen molar-refractivity contribution in [2.45, 2.75) is 57.2 Å². The summed E-state index contributed by atoms with van der Waals surface area (Å²) in [6, 6.07) is 6.43. The number of likely N-dealkylation sites (N-methyl/N-ethyl adjacent to an activating group) is 1. The van der Waals surface area contributed by atoms with E-state index >= 15 is 0 Å². The average Bonchev–Trinajstić information content (AvgIpc) is 3.61. The SMILES string of the molecule is CC(=O)CCCNC(=O)N[C@H]1CCN(c2ccccn2)C1.CN1CC[C@@H](NC(=O)N[C@@H]2CCNC2)C1. The van der Waals surface area contributed by atoms with Crippen LogP contribution in [0.5, 0.6) is 0 Å². The monoisotopic (exact) mass is 502 g/mol. The van der Waals surface area contributed by atoms with Gasteiger partial charge in [-0.1, -0.05) is 6.07 Å². The number of carbonyl (C=O) groups excluding carboxylic acids is 3. The first kappa shape index (κ1) is 27.7. The summed E-state index contributed by atoms with van der Waals surface area (Å²) in [6.45, 7) is 7.72. The number of likely N-dealkylation sites (tertiary alicyclic amines) is 1. The Bertz CT molecular complexity index is 834. The lowest BCUT2D eigenvalue weighted by molar-refractivity contribution is -0.117. The predicted molar refractivity (Wildman–Crippen MR) is 140 cm³/mol. The van der Waals surface area contributed by atoms with E-state index in [1.54, 1.807) is 13.1 Å². The number of urea groups is 2. The minimum absolute atomic E-state index is 0.0102. The molecular formula is C25H42N8O3. The average molecular weight is 503 g/mol. The zero-order chi connectivity index (χ0) is 25.8. The maximum Gasteiger partial charge on any atom is 0.315 e. The van der Waals surface area contributed by atoms with E-state index in [0.717, 1.165) is 64.3 Å². The quantitative estimate of drug-likeness (QED) is 0.331. The number of pyridine rings is 1. The maximum absolute atomic E-state index is 11.7. The minimum atomic E-state index is -0.161. The van der Waals surface area contributed by atoms with Crippen LogP contribution in [0.4, 0.5) is 15.4 Å². The largest absolute Gasteiger partial charge is 0.354 e. The fraction of sp³-hybridized carbons (Fsp3) is 0.680. The van der Waals surface area contributed by atoms with E-state index in [9.17, 15) is 14.4 Å². The highest BCUT2D eigenvalue weighted by Gasteiger charge is 2.25. The van der Waals surface area contributed by atoms with Crippen LogP contribution in [0.15, 0.2) is 24.4 Å². The van der Waals surface area contributed by atoms with Crippen molar-refractivity contribution < 1.29 is 14.4 Å². The molecule has 1 aromatic rings. The first-order valence-electron chi connectivity index (χ1n) is 13.0. The lowest BCUT2D eigenvalue weighted by Crippen LogP contribution is -2.47. The molecule has 4 rings (SSSR count). The third-order valence-electron chi connectivity index (χ3n) is 6.61. The molecule has 0 aliphatic carbocycles. The van der Waals surface area contributed by atoms with Crippen LogP contribution in [0, 0.1) is 0 Å². The molecule has 4 amide bonds. The van der Waals surface area contributed by atoms with Crippen molar-refractivity contribution in [3.8, 4) is 0 Å². The van der Waals surface area contributed by atoms with Gasteiger partial charge in [-0.25, -0.2) is 14.6 Å². The lowest BCUT2D eigenvalue weighted by atomic mass is 10.2. The van der Waals surface area contributed by atoms with Crippen molar-refractivity contribution in [1.82, 2.24) is 36.5 Å². The summed E-state index contributed by atoms with van der Waals surface area (Å²) in [4.78, 5) is 42.9. The normalized spacial score (nSPS) is 23.5. The Labute approximate surface area is 214 Å². The van der Waals surface area contributed by atoms with Crippen molar-refractivity contribution in [2.24, 2.45) is 0 Å². The molecule has 3 fully saturated rings. The number of Topliss-reactive ketones (excluding diaryl/α,β-unsaturated/α-hetero) is 1. The van der Waals surface area contributed by atoms with Crippen molar-refractivity contribution >= 4 is 23.7 Å². The number of hydrogen-bond acceptors (Lipinski definition) is 7. The van der Waals surface area contributed by atoms with Crippen LogP contribution in [0.1, 0.15) is 39.0 Å². The summed E-state index contributed by atoms with van der Waals surface area (Å²) in [5.74, 6) is 1.10. The topological polar surface area (TPSA) is 131 Å². The molecule has 36 heavy (non-hydrogen) atoms. The van der Waals surface area contributed by atoms with Crippen LogP contribution in [0.2, 0.25) is 0 Å². The highest BCUT2D eigenvalue weighted by Crippen LogP contribution is 2.17. The highest BCUT2D eigenvalue weighted by atomic mass is 16.2. The molecule has 0 bridgehead atoms. The van der Waals surface area contributed by atoms with Crippen LogP contribution in [0.25, 0.3) is 0 Å². The first-order valence-corrected chi connectivity index (χ1v) is 13.0. The van der Waals surface area contributed by atoms with Gasteiger partial charge in [0.15, 0.2) is 0 Å². The zero-order valence-corrected chi connectivity index (χ0v) is 21.6. The standard InChI is InChI=1S/C15H22N4O2.C10H20N4O/c1-12(20)5-4-9-17-15(21)18-13-7-10-19(11-13)14-6-2-3-8-16-14;1-14-5-3-9(7-14)13-10(15)12-8-2-4-11-6-8/h2-3,6,8,13H,4-5,7,9-11H2,1H3,(H2,17,18,21);8-9,11H,2-7H2,1H3,(H2,12,13,15)/t13-;8-,9-/m01/s1. The third kappa shape index (κ3) is 9.98. The van der Waals surface area contributed by atoms with Gasteiger partial charge in [0, 0.05) is 63.5 Å². The van der Waals surface area contributed by atoms with Gasteiger partial charge < -0.3 is 41.2 Å². The van der Waals surface area contributed by atoms with Gasteiger partial charge in [0.25, 0.3) is 0 Å². The summed E-state index contributed by atoms with van der Waals surface area (Å²) in [5.41, 5.74) is 0. The number of nitrogens with zero attached hydrogens (tertiary/aromatic N) is 3. The van der Waals surface area contributed by atoms with Gasteiger partial charge in [-0.3, -0.25) is 0 Å². The van der Waals surface area contributed by atoms with E-state index in [1.165, 1.54) is 0 Å². The van der Waals surface area contributed by atoms with E-state index < -0.39 is 0 Å². The van der Waals surface area contributed by atoms with Crippen LogP contribution < -0.4 is 31.5 Å². The molecule has 200 valence electrons. The molecule has 3 atom stereocenters. The van der Waals surface area contributed by atoms with Gasteiger partial charge in [0.2, 0.25) is 0 Å². The van der Waals surface area contributed by atoms with Gasteiger partial charge in [0.05, 0.1) is 0 Å². The molecule has 3 aliphatic heterocycles. The summed E-state index contributed by atoms with van der Waals surface area (Å²) in [6.07, 6.45) is 5.99. The molecule has 0 saturated carbocycles. The smallest absolute Gasteiger partial charge is 0.315 e. The first-order chi connectivity index (χ1) is 17.4. The van der Waals surface area contributed by atoms with Crippen molar-refractivity contribution in [1.29, 1.82) is 0 Å². The molecule has 3 saturated heterocycles. The lowest BCUT2D eigenvalue weighted by Gasteiger charge is -2.17.